The van der Waals surface area contributed by atoms with Gasteiger partial charge in [-0.05, 0) is 54.3 Å². The molecule has 1 amide bonds. The molecule has 3 N–H and O–H groups in total. The number of aromatic hydroxyl groups is 1. The quantitative estimate of drug-likeness (QED) is 0.401. The predicted octanol–water partition coefficient (Wildman–Crippen LogP) is 4.07. The minimum atomic E-state index is -1.17. The lowest BCUT2D eigenvalue weighted by molar-refractivity contribution is -0.131. The molecule has 9 heteroatoms. The van der Waals surface area contributed by atoms with E-state index in [1.807, 2.05) is 18.4 Å². The van der Waals surface area contributed by atoms with Crippen LogP contribution in [0.1, 0.15) is 11.7 Å². The van der Waals surface area contributed by atoms with Crippen molar-refractivity contribution >= 4 is 29.5 Å². The van der Waals surface area contributed by atoms with Crippen molar-refractivity contribution in [3.8, 4) is 11.5 Å². The number of benzene rings is 2. The summed E-state index contributed by atoms with van der Waals surface area (Å²) < 4.78 is 15.9. The van der Waals surface area contributed by atoms with Crippen LogP contribution in [0.25, 0.3) is 0 Å². The average molecular weight is 433 g/mol. The molecule has 0 aliphatic carbocycles. The van der Waals surface area contributed by atoms with E-state index in [0.29, 0.717) is 11.3 Å². The largest absolute Gasteiger partial charge is 0.504 e. The van der Waals surface area contributed by atoms with Crippen LogP contribution in [0.5, 0.6) is 11.5 Å². The van der Waals surface area contributed by atoms with Gasteiger partial charge < -0.3 is 24.4 Å². The summed E-state index contributed by atoms with van der Waals surface area (Å²) in [6.45, 7) is 0. The molecule has 0 aliphatic rings. The molecule has 0 fully saturated rings. The van der Waals surface area contributed by atoms with Crippen LogP contribution in [0.4, 0.5) is 10.5 Å². The van der Waals surface area contributed by atoms with Crippen molar-refractivity contribution in [3.63, 3.8) is 0 Å². The van der Waals surface area contributed by atoms with Gasteiger partial charge in [0.05, 0.1) is 7.11 Å². The number of amides is 1. The first-order valence-corrected chi connectivity index (χ1v) is 10.0. The van der Waals surface area contributed by atoms with Crippen molar-refractivity contribution < 1.29 is 34.0 Å². The summed E-state index contributed by atoms with van der Waals surface area (Å²) in [6, 6.07) is 11.6. The number of thioether (sulfide) groups is 1. The first-order chi connectivity index (χ1) is 14.4. The number of rotatable bonds is 9. The van der Waals surface area contributed by atoms with Crippen LogP contribution in [0.2, 0.25) is 0 Å². The fraction of sp³-hybridized carbons (Fsp3) is 0.238. The molecule has 0 bridgehead atoms. The second-order valence-electron chi connectivity index (χ2n) is 6.01. The number of hydrogen-bond donors (Lipinski definition) is 3. The lowest BCUT2D eigenvalue weighted by atomic mass is 10.0. The highest BCUT2D eigenvalue weighted by molar-refractivity contribution is 7.98. The molecule has 2 aromatic carbocycles. The Morgan fingerprint density at radius 1 is 1.13 bits per heavy atom. The Kier molecular flexibility index (Phi) is 8.57. The maximum atomic E-state index is 12.5. The third-order valence-electron chi connectivity index (χ3n) is 4.10. The normalized spacial score (nSPS) is 12.9. The van der Waals surface area contributed by atoms with Crippen molar-refractivity contribution in [2.24, 2.45) is 0 Å². The molecule has 30 heavy (non-hydrogen) atoms. The fourth-order valence-corrected chi connectivity index (χ4v) is 3.03. The lowest BCUT2D eigenvalue weighted by Crippen LogP contribution is -2.27. The number of carbonyl (C=O) groups excluding carboxylic acids is 1. The number of phenolic OH excluding ortho intramolecular Hbond substituents is 1. The SMILES string of the molecule is COc1ccc([C@H](OC(=O)Nc2ccc(SC)cc2)[C@H](/C=C/C(=O)O)OC)cc1O. The molecule has 0 unspecified atom stereocenters. The Bertz CT molecular complexity index is 899. The third-order valence-corrected chi connectivity index (χ3v) is 4.84. The number of carbonyl (C=O) groups is 2. The molecule has 0 spiro atoms. The van der Waals surface area contributed by atoms with Gasteiger partial charge in [-0.15, -0.1) is 11.8 Å². The predicted molar refractivity (Wildman–Crippen MR) is 113 cm³/mol. The van der Waals surface area contributed by atoms with Crippen LogP contribution >= 0.6 is 11.8 Å². The minimum Gasteiger partial charge on any atom is -0.504 e. The summed E-state index contributed by atoms with van der Waals surface area (Å²) in [5.41, 5.74) is 0.923. The van der Waals surface area contributed by atoms with Crippen LogP contribution in [0.3, 0.4) is 0 Å². The van der Waals surface area contributed by atoms with Crippen molar-refractivity contribution in [3.05, 3.63) is 60.2 Å². The van der Waals surface area contributed by atoms with E-state index in [4.69, 9.17) is 19.3 Å². The van der Waals surface area contributed by atoms with Gasteiger partial charge in [-0.25, -0.2) is 9.59 Å². The number of carboxylic acid groups (broad SMARTS) is 1. The molecule has 2 rings (SSSR count). The number of nitrogens with one attached hydrogen (secondary N) is 1. The summed E-state index contributed by atoms with van der Waals surface area (Å²) in [4.78, 5) is 24.4. The standard InChI is InChI=1S/C21H23NO7S/c1-27-17-9-4-13(12-16(17)23)20(18(28-2)10-11-19(24)25)29-21(26)22-14-5-7-15(30-3)8-6-14/h4-12,18,20,23H,1-3H3,(H,22,26)(H,24,25)/b11-10+/t18-,20-/m0/s1. The van der Waals surface area contributed by atoms with E-state index in [0.717, 1.165) is 11.0 Å². The summed E-state index contributed by atoms with van der Waals surface area (Å²) in [5.74, 6) is -1.09. The van der Waals surface area contributed by atoms with Gasteiger partial charge in [-0.2, -0.15) is 0 Å². The highest BCUT2D eigenvalue weighted by atomic mass is 32.2. The van der Waals surface area contributed by atoms with Crippen molar-refractivity contribution in [2.45, 2.75) is 17.1 Å². The molecule has 2 atom stereocenters. The van der Waals surface area contributed by atoms with E-state index >= 15 is 0 Å². The molecule has 0 aromatic heterocycles. The molecule has 0 saturated carbocycles. The van der Waals surface area contributed by atoms with Gasteiger partial charge in [0, 0.05) is 23.8 Å². The van der Waals surface area contributed by atoms with Gasteiger partial charge in [-0.1, -0.05) is 6.07 Å². The number of methoxy groups -OCH3 is 2. The van der Waals surface area contributed by atoms with Gasteiger partial charge in [0.15, 0.2) is 17.6 Å². The summed E-state index contributed by atoms with van der Waals surface area (Å²) in [5, 5.41) is 21.6. The number of anilines is 1. The van der Waals surface area contributed by atoms with Gasteiger partial charge in [0.2, 0.25) is 0 Å². The van der Waals surface area contributed by atoms with Gasteiger partial charge >= 0.3 is 12.1 Å². The number of aliphatic carboxylic acids is 1. The monoisotopic (exact) mass is 433 g/mol. The smallest absolute Gasteiger partial charge is 0.412 e. The van der Waals surface area contributed by atoms with E-state index in [2.05, 4.69) is 5.32 Å². The molecule has 160 valence electrons. The molecule has 8 nitrogen and oxygen atoms in total. The lowest BCUT2D eigenvalue weighted by Gasteiger charge is -2.24. The Balaban J connectivity index is 2.28. The Labute approximate surface area is 178 Å². The Morgan fingerprint density at radius 3 is 2.37 bits per heavy atom. The number of ether oxygens (including phenoxy) is 3. The Hall–Kier alpha value is -3.17. The molecule has 0 heterocycles. The maximum absolute atomic E-state index is 12.5. The first-order valence-electron chi connectivity index (χ1n) is 8.80. The number of phenols is 1. The van der Waals surface area contributed by atoms with Gasteiger partial charge in [0.25, 0.3) is 0 Å². The zero-order valence-electron chi connectivity index (χ0n) is 16.7. The second kappa shape index (κ2) is 11.1. The minimum absolute atomic E-state index is 0.159. The van der Waals surface area contributed by atoms with Gasteiger partial charge in [-0.3, -0.25) is 5.32 Å². The zero-order chi connectivity index (χ0) is 22.1. The average Bonchev–Trinajstić information content (AvgIpc) is 2.73. The van der Waals surface area contributed by atoms with E-state index in [1.165, 1.54) is 32.4 Å². The summed E-state index contributed by atoms with van der Waals surface area (Å²) in [7, 11) is 2.77. The summed E-state index contributed by atoms with van der Waals surface area (Å²) >= 11 is 1.57. The third kappa shape index (κ3) is 6.43. The van der Waals surface area contributed by atoms with Crippen LogP contribution < -0.4 is 10.1 Å². The van der Waals surface area contributed by atoms with Crippen LogP contribution in [-0.2, 0) is 14.3 Å². The number of hydrogen-bond acceptors (Lipinski definition) is 7. The molecular formula is C21H23NO7S. The molecule has 0 radical (unpaired) electrons. The fourth-order valence-electron chi connectivity index (χ4n) is 2.63. The van der Waals surface area contributed by atoms with E-state index < -0.39 is 24.3 Å². The van der Waals surface area contributed by atoms with E-state index in [-0.39, 0.29) is 11.5 Å². The topological polar surface area (TPSA) is 114 Å². The highest BCUT2D eigenvalue weighted by Gasteiger charge is 2.27. The highest BCUT2D eigenvalue weighted by Crippen LogP contribution is 2.33. The number of carboxylic acids is 1. The van der Waals surface area contributed by atoms with E-state index in [9.17, 15) is 14.7 Å². The summed E-state index contributed by atoms with van der Waals surface area (Å²) in [6.07, 6.45) is 1.38. The Morgan fingerprint density at radius 2 is 1.83 bits per heavy atom. The van der Waals surface area contributed by atoms with Crippen LogP contribution in [0.15, 0.2) is 59.5 Å². The second-order valence-corrected chi connectivity index (χ2v) is 6.89. The van der Waals surface area contributed by atoms with Crippen molar-refractivity contribution in [1.82, 2.24) is 0 Å². The molecule has 2 aromatic rings. The molecule has 0 saturated heterocycles. The molecular weight excluding hydrogens is 410 g/mol. The van der Waals surface area contributed by atoms with Crippen molar-refractivity contribution in [2.75, 3.05) is 25.8 Å². The first kappa shape index (κ1) is 23.1. The van der Waals surface area contributed by atoms with E-state index in [1.54, 1.807) is 30.0 Å². The van der Waals surface area contributed by atoms with Crippen molar-refractivity contribution in [1.29, 1.82) is 0 Å². The zero-order valence-corrected chi connectivity index (χ0v) is 17.5. The van der Waals surface area contributed by atoms with Crippen LogP contribution in [-0.4, -0.2) is 48.9 Å². The maximum Gasteiger partial charge on any atom is 0.412 e. The van der Waals surface area contributed by atoms with Gasteiger partial charge in [0.1, 0.15) is 6.10 Å². The molecule has 0 aliphatic heterocycles. The van der Waals surface area contributed by atoms with Crippen LogP contribution in [0, 0.1) is 0 Å².